The van der Waals surface area contributed by atoms with Crippen molar-refractivity contribution in [1.82, 2.24) is 25.0 Å². The monoisotopic (exact) mass is 425 g/mol. The molecular formula is C19H25Cl2N5O2. The van der Waals surface area contributed by atoms with Gasteiger partial charge in [0.05, 0.1) is 11.6 Å². The second-order valence-electron chi connectivity index (χ2n) is 7.09. The number of likely N-dealkylation sites (tertiary alicyclic amines) is 1. The van der Waals surface area contributed by atoms with Crippen LogP contribution in [0.2, 0.25) is 5.02 Å². The highest BCUT2D eigenvalue weighted by Gasteiger charge is 2.31. The van der Waals surface area contributed by atoms with Crippen molar-refractivity contribution < 1.29 is 9.53 Å². The Bertz CT molecular complexity index is 820. The first-order chi connectivity index (χ1) is 13.1. The van der Waals surface area contributed by atoms with Crippen LogP contribution in [0.15, 0.2) is 24.3 Å². The number of hydrogen-bond donors (Lipinski definition) is 1. The number of amides is 1. The largest absolute Gasteiger partial charge is 0.479 e. The van der Waals surface area contributed by atoms with Crippen molar-refractivity contribution in [1.29, 1.82) is 0 Å². The lowest BCUT2D eigenvalue weighted by Gasteiger charge is -2.33. The predicted molar refractivity (Wildman–Crippen MR) is 109 cm³/mol. The number of ether oxygens (including phenoxy) is 1. The van der Waals surface area contributed by atoms with E-state index in [1.165, 1.54) is 0 Å². The van der Waals surface area contributed by atoms with E-state index >= 15 is 0 Å². The lowest BCUT2D eigenvalue weighted by Crippen LogP contribution is -2.44. The highest BCUT2D eigenvalue weighted by molar-refractivity contribution is 6.32. The van der Waals surface area contributed by atoms with Crippen LogP contribution in [0.1, 0.15) is 37.3 Å². The van der Waals surface area contributed by atoms with E-state index in [-0.39, 0.29) is 18.3 Å². The van der Waals surface area contributed by atoms with Gasteiger partial charge in [0.15, 0.2) is 6.10 Å². The van der Waals surface area contributed by atoms with Gasteiger partial charge < -0.3 is 19.5 Å². The normalized spacial score (nSPS) is 18.1. The Hall–Kier alpha value is -1.83. The van der Waals surface area contributed by atoms with Gasteiger partial charge in [0, 0.05) is 32.1 Å². The lowest BCUT2D eigenvalue weighted by atomic mass is 9.95. The smallest absolute Gasteiger partial charge is 0.263 e. The molecule has 0 bridgehead atoms. The fourth-order valence-electron chi connectivity index (χ4n) is 3.81. The average molecular weight is 426 g/mol. The van der Waals surface area contributed by atoms with Crippen LogP contribution >= 0.6 is 24.0 Å². The highest BCUT2D eigenvalue weighted by Crippen LogP contribution is 2.29. The number of carbonyl (C=O) groups excluding carboxylic acids is 1. The second-order valence-corrected chi connectivity index (χ2v) is 7.50. The molecule has 2 aromatic rings. The Kier molecular flexibility index (Phi) is 6.80. The summed E-state index contributed by atoms with van der Waals surface area (Å²) in [5, 5.41) is 12.6. The van der Waals surface area contributed by atoms with Crippen molar-refractivity contribution in [3.05, 3.63) is 40.9 Å². The van der Waals surface area contributed by atoms with Gasteiger partial charge in [-0.2, -0.15) is 0 Å². The number of nitrogens with one attached hydrogen (secondary N) is 1. The molecule has 3 heterocycles. The summed E-state index contributed by atoms with van der Waals surface area (Å²) in [6.07, 6.45) is 1.24. The highest BCUT2D eigenvalue weighted by atomic mass is 35.5. The number of halogens is 2. The van der Waals surface area contributed by atoms with E-state index in [0.29, 0.717) is 29.8 Å². The number of piperidine rings is 1. The van der Waals surface area contributed by atoms with E-state index in [1.807, 2.05) is 17.0 Å². The molecule has 1 saturated heterocycles. The van der Waals surface area contributed by atoms with Crippen LogP contribution in [0.25, 0.3) is 0 Å². The second kappa shape index (κ2) is 9.11. The average Bonchev–Trinajstić information content (AvgIpc) is 3.13. The molecule has 1 atom stereocenters. The Labute approximate surface area is 175 Å². The van der Waals surface area contributed by atoms with Crippen molar-refractivity contribution in [3.8, 4) is 5.75 Å². The molecule has 0 aliphatic carbocycles. The molecule has 1 N–H and O–H groups in total. The van der Waals surface area contributed by atoms with E-state index in [1.54, 1.807) is 19.1 Å². The number of hydrogen-bond acceptors (Lipinski definition) is 5. The Morgan fingerprint density at radius 3 is 2.75 bits per heavy atom. The summed E-state index contributed by atoms with van der Waals surface area (Å²) >= 11 is 6.12. The van der Waals surface area contributed by atoms with Crippen LogP contribution in [-0.4, -0.2) is 51.3 Å². The topological polar surface area (TPSA) is 72.3 Å². The van der Waals surface area contributed by atoms with Crippen LogP contribution < -0.4 is 10.1 Å². The van der Waals surface area contributed by atoms with Gasteiger partial charge in [-0.1, -0.05) is 23.7 Å². The third-order valence-electron chi connectivity index (χ3n) is 5.31. The molecular weight excluding hydrogens is 401 g/mol. The van der Waals surface area contributed by atoms with Gasteiger partial charge in [0.2, 0.25) is 0 Å². The maximum atomic E-state index is 12.8. The molecule has 2 aliphatic heterocycles. The van der Waals surface area contributed by atoms with E-state index in [0.717, 1.165) is 44.1 Å². The zero-order chi connectivity index (χ0) is 18.8. The first kappa shape index (κ1) is 20.9. The summed E-state index contributed by atoms with van der Waals surface area (Å²) in [6.45, 7) is 5.84. The summed E-state index contributed by atoms with van der Waals surface area (Å²) < 4.78 is 8.01. The predicted octanol–water partition coefficient (Wildman–Crippen LogP) is 2.63. The Morgan fingerprint density at radius 2 is 2.00 bits per heavy atom. The molecule has 0 spiro atoms. The number of benzene rings is 1. The maximum Gasteiger partial charge on any atom is 0.263 e. The maximum absolute atomic E-state index is 12.8. The van der Waals surface area contributed by atoms with Gasteiger partial charge in [-0.25, -0.2) is 0 Å². The first-order valence-corrected chi connectivity index (χ1v) is 9.84. The molecule has 28 heavy (non-hydrogen) atoms. The Balaban J connectivity index is 0.00000225. The third kappa shape index (κ3) is 4.26. The standard InChI is InChI=1S/C19H24ClN5O2.ClH/c1-13(27-16-5-3-2-4-15(16)20)19(26)24-9-6-14(7-10-24)18-23-22-17-12-21-8-11-25(17)18;/h2-5,13-14,21H,6-12H2,1H3;1H. The summed E-state index contributed by atoms with van der Waals surface area (Å²) in [5.74, 6) is 2.98. The Morgan fingerprint density at radius 1 is 1.25 bits per heavy atom. The van der Waals surface area contributed by atoms with Gasteiger partial charge in [0.1, 0.15) is 17.4 Å². The summed E-state index contributed by atoms with van der Waals surface area (Å²) in [7, 11) is 0. The minimum atomic E-state index is -0.562. The van der Waals surface area contributed by atoms with Gasteiger partial charge in [-0.05, 0) is 31.9 Å². The van der Waals surface area contributed by atoms with Gasteiger partial charge in [-0.15, -0.1) is 22.6 Å². The number of carbonyl (C=O) groups is 1. The third-order valence-corrected chi connectivity index (χ3v) is 5.62. The van der Waals surface area contributed by atoms with Gasteiger partial charge >= 0.3 is 0 Å². The van der Waals surface area contributed by atoms with Crippen LogP contribution in [0, 0.1) is 0 Å². The molecule has 1 aromatic carbocycles. The molecule has 9 heteroatoms. The molecule has 0 radical (unpaired) electrons. The number of nitrogens with zero attached hydrogens (tertiary/aromatic N) is 4. The minimum Gasteiger partial charge on any atom is -0.479 e. The summed E-state index contributed by atoms with van der Waals surface area (Å²) in [5.41, 5.74) is 0. The van der Waals surface area contributed by atoms with Crippen molar-refractivity contribution >= 4 is 29.9 Å². The molecule has 7 nitrogen and oxygen atoms in total. The van der Waals surface area contributed by atoms with Crippen LogP contribution in [-0.2, 0) is 17.9 Å². The molecule has 0 saturated carbocycles. The molecule has 1 amide bonds. The number of para-hydroxylation sites is 1. The molecule has 1 fully saturated rings. The van der Waals surface area contributed by atoms with Crippen molar-refractivity contribution in [2.24, 2.45) is 0 Å². The molecule has 4 rings (SSSR count). The van der Waals surface area contributed by atoms with Crippen molar-refractivity contribution in [2.75, 3.05) is 19.6 Å². The van der Waals surface area contributed by atoms with Crippen LogP contribution in [0.3, 0.4) is 0 Å². The summed E-state index contributed by atoms with van der Waals surface area (Å²) in [6, 6.07) is 7.22. The van der Waals surface area contributed by atoms with E-state index in [2.05, 4.69) is 20.1 Å². The molecule has 152 valence electrons. The minimum absolute atomic E-state index is 0. The first-order valence-electron chi connectivity index (χ1n) is 9.46. The summed E-state index contributed by atoms with van der Waals surface area (Å²) in [4.78, 5) is 14.6. The lowest BCUT2D eigenvalue weighted by molar-refractivity contribution is -0.139. The van der Waals surface area contributed by atoms with E-state index in [4.69, 9.17) is 16.3 Å². The molecule has 1 aromatic heterocycles. The van der Waals surface area contributed by atoms with Crippen LogP contribution in [0.4, 0.5) is 0 Å². The number of rotatable bonds is 4. The van der Waals surface area contributed by atoms with Crippen LogP contribution in [0.5, 0.6) is 5.75 Å². The zero-order valence-corrected chi connectivity index (χ0v) is 17.4. The van der Waals surface area contributed by atoms with Gasteiger partial charge in [-0.3, -0.25) is 4.79 Å². The quantitative estimate of drug-likeness (QED) is 0.814. The fraction of sp³-hybridized carbons (Fsp3) is 0.526. The van der Waals surface area contributed by atoms with E-state index in [9.17, 15) is 4.79 Å². The molecule has 2 aliphatic rings. The van der Waals surface area contributed by atoms with Gasteiger partial charge in [0.25, 0.3) is 5.91 Å². The van der Waals surface area contributed by atoms with E-state index < -0.39 is 6.10 Å². The fourth-order valence-corrected chi connectivity index (χ4v) is 3.99. The van der Waals surface area contributed by atoms with Crippen molar-refractivity contribution in [2.45, 2.75) is 44.9 Å². The SMILES string of the molecule is CC(Oc1ccccc1Cl)C(=O)N1CCC(c2nnc3n2CCNC3)CC1.Cl. The number of fused-ring (bicyclic) bond motifs is 1. The van der Waals surface area contributed by atoms with Crippen molar-refractivity contribution in [3.63, 3.8) is 0 Å². The zero-order valence-electron chi connectivity index (χ0n) is 15.8. The number of aromatic nitrogens is 3. The molecule has 1 unspecified atom stereocenters.